The molecule has 1 heterocycles. The topological polar surface area (TPSA) is 46.5 Å². The summed E-state index contributed by atoms with van der Waals surface area (Å²) in [5.41, 5.74) is 1.08. The van der Waals surface area contributed by atoms with Crippen molar-refractivity contribution in [3.05, 3.63) is 35.9 Å². The fourth-order valence-electron chi connectivity index (χ4n) is 2.01. The molecule has 0 radical (unpaired) electrons. The van der Waals surface area contributed by atoms with Crippen molar-refractivity contribution in [3.63, 3.8) is 0 Å². The van der Waals surface area contributed by atoms with Crippen LogP contribution in [0.15, 0.2) is 30.3 Å². The van der Waals surface area contributed by atoms with E-state index in [1.54, 1.807) is 11.8 Å². The Morgan fingerprint density at radius 1 is 1.44 bits per heavy atom. The zero-order chi connectivity index (χ0) is 12.8. The van der Waals surface area contributed by atoms with Crippen molar-refractivity contribution < 1.29 is 14.6 Å². The van der Waals surface area contributed by atoms with Crippen LogP contribution in [0, 0.1) is 5.92 Å². The molecule has 0 spiro atoms. The molecule has 0 bridgehead atoms. The van der Waals surface area contributed by atoms with E-state index in [1.807, 2.05) is 30.3 Å². The number of benzene rings is 1. The summed E-state index contributed by atoms with van der Waals surface area (Å²) in [5.74, 6) is 0.680. The maximum atomic E-state index is 11.3. The lowest BCUT2D eigenvalue weighted by Gasteiger charge is -2.14. The number of thioether (sulfide) groups is 1. The first kappa shape index (κ1) is 13.4. The van der Waals surface area contributed by atoms with Crippen LogP contribution in [-0.2, 0) is 16.0 Å². The van der Waals surface area contributed by atoms with Gasteiger partial charge >= 0.3 is 5.97 Å². The van der Waals surface area contributed by atoms with Crippen molar-refractivity contribution in [2.75, 3.05) is 19.0 Å². The molecule has 1 N–H and O–H groups in total. The van der Waals surface area contributed by atoms with Crippen LogP contribution in [0.4, 0.5) is 0 Å². The van der Waals surface area contributed by atoms with Gasteiger partial charge < -0.3 is 9.84 Å². The number of hydrogen-bond acceptors (Lipinski definition) is 3. The quantitative estimate of drug-likeness (QED) is 0.859. The minimum atomic E-state index is -0.720. The van der Waals surface area contributed by atoms with Gasteiger partial charge in [0.15, 0.2) is 0 Å². The summed E-state index contributed by atoms with van der Waals surface area (Å²) >= 11 is 1.54. The second-order valence-electron chi connectivity index (χ2n) is 4.58. The van der Waals surface area contributed by atoms with Gasteiger partial charge in [-0.3, -0.25) is 4.79 Å². The number of aliphatic carboxylic acids is 1. The summed E-state index contributed by atoms with van der Waals surface area (Å²) in [7, 11) is 0. The van der Waals surface area contributed by atoms with Crippen LogP contribution in [-0.4, -0.2) is 35.3 Å². The van der Waals surface area contributed by atoms with Crippen molar-refractivity contribution in [1.82, 2.24) is 0 Å². The fraction of sp³-hybridized carbons (Fsp3) is 0.500. The van der Waals surface area contributed by atoms with Crippen molar-refractivity contribution in [2.24, 2.45) is 5.92 Å². The van der Waals surface area contributed by atoms with Crippen LogP contribution in [0.5, 0.6) is 0 Å². The van der Waals surface area contributed by atoms with E-state index in [0.717, 1.165) is 31.0 Å². The molecule has 4 heteroatoms. The standard InChI is InChI=1S/C14H18O3S/c15-14(16)13(8-11-4-2-1-3-5-11)18-10-12-6-7-17-9-12/h1-5,12-13H,6-10H2,(H,15,16). The van der Waals surface area contributed by atoms with Crippen molar-refractivity contribution in [1.29, 1.82) is 0 Å². The molecule has 1 fully saturated rings. The number of hydrogen-bond donors (Lipinski definition) is 1. The SMILES string of the molecule is O=C(O)C(Cc1ccccc1)SCC1CCOC1. The molecular formula is C14H18O3S. The Bertz CT molecular complexity index is 374. The van der Waals surface area contributed by atoms with Crippen LogP contribution >= 0.6 is 11.8 Å². The molecule has 1 aliphatic heterocycles. The lowest BCUT2D eigenvalue weighted by molar-refractivity contribution is -0.136. The second kappa shape index (κ2) is 6.81. The van der Waals surface area contributed by atoms with Crippen molar-refractivity contribution in [2.45, 2.75) is 18.1 Å². The summed E-state index contributed by atoms with van der Waals surface area (Å²) < 4.78 is 5.31. The summed E-state index contributed by atoms with van der Waals surface area (Å²) in [6.45, 7) is 1.60. The van der Waals surface area contributed by atoms with Gasteiger partial charge in [-0.15, -0.1) is 11.8 Å². The first-order chi connectivity index (χ1) is 8.75. The maximum absolute atomic E-state index is 11.3. The molecule has 98 valence electrons. The molecule has 2 rings (SSSR count). The van der Waals surface area contributed by atoms with Gasteiger partial charge in [0.2, 0.25) is 0 Å². The molecular weight excluding hydrogens is 248 g/mol. The zero-order valence-electron chi connectivity index (χ0n) is 10.2. The van der Waals surface area contributed by atoms with E-state index in [1.165, 1.54) is 0 Å². The number of carboxylic acids is 1. The van der Waals surface area contributed by atoms with Crippen LogP contribution in [0.3, 0.4) is 0 Å². The minimum Gasteiger partial charge on any atom is -0.480 e. The highest BCUT2D eigenvalue weighted by molar-refractivity contribution is 8.00. The monoisotopic (exact) mass is 266 g/mol. The van der Waals surface area contributed by atoms with Crippen LogP contribution in [0.2, 0.25) is 0 Å². The number of rotatable bonds is 6. The van der Waals surface area contributed by atoms with E-state index in [-0.39, 0.29) is 5.25 Å². The molecule has 18 heavy (non-hydrogen) atoms. The van der Waals surface area contributed by atoms with Crippen molar-refractivity contribution >= 4 is 17.7 Å². The summed E-state index contributed by atoms with van der Waals surface area (Å²) in [6.07, 6.45) is 1.65. The lowest BCUT2D eigenvalue weighted by atomic mass is 10.1. The molecule has 0 saturated carbocycles. The van der Waals surface area contributed by atoms with Gasteiger partial charge in [-0.05, 0) is 30.1 Å². The van der Waals surface area contributed by atoms with Crippen LogP contribution in [0.25, 0.3) is 0 Å². The van der Waals surface area contributed by atoms with Gasteiger partial charge in [0.25, 0.3) is 0 Å². The molecule has 1 aliphatic rings. The minimum absolute atomic E-state index is 0.354. The average Bonchev–Trinajstić information content (AvgIpc) is 2.88. The van der Waals surface area contributed by atoms with E-state index in [0.29, 0.717) is 12.3 Å². The summed E-state index contributed by atoms with van der Waals surface area (Å²) in [5, 5.41) is 8.90. The first-order valence-electron chi connectivity index (χ1n) is 6.22. The van der Waals surface area contributed by atoms with Crippen molar-refractivity contribution in [3.8, 4) is 0 Å². The van der Waals surface area contributed by atoms with E-state index < -0.39 is 5.97 Å². The second-order valence-corrected chi connectivity index (χ2v) is 5.82. The predicted molar refractivity (Wildman–Crippen MR) is 73.0 cm³/mol. The lowest BCUT2D eigenvalue weighted by Crippen LogP contribution is -2.21. The Morgan fingerprint density at radius 2 is 2.22 bits per heavy atom. The molecule has 1 aromatic rings. The Kier molecular flexibility index (Phi) is 5.08. The van der Waals surface area contributed by atoms with Gasteiger partial charge in [0, 0.05) is 6.61 Å². The normalized spacial score (nSPS) is 20.8. The smallest absolute Gasteiger partial charge is 0.316 e. The third-order valence-electron chi connectivity index (χ3n) is 3.10. The molecule has 1 aromatic carbocycles. The number of carbonyl (C=O) groups is 1. The highest BCUT2D eigenvalue weighted by atomic mass is 32.2. The van der Waals surface area contributed by atoms with E-state index in [2.05, 4.69) is 0 Å². The fourth-order valence-corrected chi connectivity index (χ4v) is 3.23. The Labute approximate surface area is 112 Å². The highest BCUT2D eigenvalue weighted by Crippen LogP contribution is 2.23. The largest absolute Gasteiger partial charge is 0.480 e. The van der Waals surface area contributed by atoms with E-state index >= 15 is 0 Å². The van der Waals surface area contributed by atoms with Gasteiger partial charge in [0.1, 0.15) is 5.25 Å². The number of ether oxygens (including phenoxy) is 1. The summed E-state index contributed by atoms with van der Waals surface area (Å²) in [4.78, 5) is 11.3. The third-order valence-corrected chi connectivity index (χ3v) is 4.53. The van der Waals surface area contributed by atoms with E-state index in [9.17, 15) is 9.90 Å². The first-order valence-corrected chi connectivity index (χ1v) is 7.26. The number of carboxylic acid groups (broad SMARTS) is 1. The Morgan fingerprint density at radius 3 is 2.83 bits per heavy atom. The average molecular weight is 266 g/mol. The zero-order valence-corrected chi connectivity index (χ0v) is 11.1. The van der Waals surface area contributed by atoms with Crippen LogP contribution < -0.4 is 0 Å². The van der Waals surface area contributed by atoms with Gasteiger partial charge in [-0.1, -0.05) is 30.3 Å². The van der Waals surface area contributed by atoms with Crippen LogP contribution in [0.1, 0.15) is 12.0 Å². The Balaban J connectivity index is 1.85. The molecule has 3 nitrogen and oxygen atoms in total. The predicted octanol–water partition coefficient (Wildman–Crippen LogP) is 2.45. The molecule has 0 aliphatic carbocycles. The molecule has 0 aromatic heterocycles. The Hall–Kier alpha value is -1.00. The maximum Gasteiger partial charge on any atom is 0.316 e. The molecule has 2 unspecified atom stereocenters. The molecule has 2 atom stereocenters. The highest BCUT2D eigenvalue weighted by Gasteiger charge is 2.22. The van der Waals surface area contributed by atoms with E-state index in [4.69, 9.17) is 4.74 Å². The summed E-state index contributed by atoms with van der Waals surface area (Å²) in [6, 6.07) is 9.81. The van der Waals surface area contributed by atoms with Gasteiger partial charge in [0.05, 0.1) is 6.61 Å². The molecule has 1 saturated heterocycles. The molecule has 0 amide bonds. The van der Waals surface area contributed by atoms with Gasteiger partial charge in [-0.2, -0.15) is 0 Å². The third kappa shape index (κ3) is 4.03. The van der Waals surface area contributed by atoms with Gasteiger partial charge in [-0.25, -0.2) is 0 Å².